The van der Waals surface area contributed by atoms with Gasteiger partial charge in [0.25, 0.3) is 5.56 Å². The molecule has 1 aromatic carbocycles. The Labute approximate surface area is 175 Å². The van der Waals surface area contributed by atoms with E-state index < -0.39 is 0 Å². The molecule has 0 saturated carbocycles. The maximum absolute atomic E-state index is 12.4. The first-order valence-electron chi connectivity index (χ1n) is 8.98. The van der Waals surface area contributed by atoms with Crippen molar-refractivity contribution in [1.29, 1.82) is 0 Å². The van der Waals surface area contributed by atoms with Crippen LogP contribution in [0, 0.1) is 0 Å². The predicted molar refractivity (Wildman–Crippen MR) is 111 cm³/mol. The molecule has 0 aliphatic heterocycles. The molecule has 0 spiro atoms. The van der Waals surface area contributed by atoms with Crippen LogP contribution in [0.1, 0.15) is 12.0 Å². The first kappa shape index (κ1) is 20.8. The summed E-state index contributed by atoms with van der Waals surface area (Å²) in [6.07, 6.45) is 3.74. The maximum atomic E-state index is 12.4. The minimum absolute atomic E-state index is 0.139. The van der Waals surface area contributed by atoms with Crippen LogP contribution in [0.4, 0.5) is 0 Å². The Morgan fingerprint density at radius 3 is 2.69 bits per heavy atom. The van der Waals surface area contributed by atoms with Gasteiger partial charge in [-0.2, -0.15) is 5.10 Å². The molecule has 1 N–H and O–H groups in total. The van der Waals surface area contributed by atoms with Crippen molar-refractivity contribution >= 4 is 32.9 Å². The number of methoxy groups -OCH3 is 2. The maximum Gasteiger partial charge on any atom is 0.264 e. The summed E-state index contributed by atoms with van der Waals surface area (Å²) in [6.45, 7) is 0.713. The van der Waals surface area contributed by atoms with Gasteiger partial charge in [-0.05, 0) is 24.1 Å². The van der Waals surface area contributed by atoms with E-state index in [0.29, 0.717) is 35.5 Å². The number of aromatic nitrogens is 4. The Bertz CT molecular complexity index is 1090. The number of fused-ring (bicyclic) bond motifs is 1. The molecule has 1 amide bonds. The summed E-state index contributed by atoms with van der Waals surface area (Å²) < 4.78 is 14.4. The first-order valence-corrected chi connectivity index (χ1v) is 9.78. The van der Waals surface area contributed by atoms with Crippen LogP contribution in [0.25, 0.3) is 11.0 Å². The predicted octanol–water partition coefficient (Wildman–Crippen LogP) is 1.66. The lowest BCUT2D eigenvalue weighted by molar-refractivity contribution is -0.121. The summed E-state index contributed by atoms with van der Waals surface area (Å²) >= 11 is 3.51. The number of hydrogen-bond donors (Lipinski definition) is 1. The van der Waals surface area contributed by atoms with Gasteiger partial charge < -0.3 is 14.8 Å². The molecule has 29 heavy (non-hydrogen) atoms. The van der Waals surface area contributed by atoms with Gasteiger partial charge in [-0.15, -0.1) is 0 Å². The van der Waals surface area contributed by atoms with Gasteiger partial charge in [-0.1, -0.05) is 15.9 Å². The Balaban J connectivity index is 1.55. The molecule has 0 fully saturated rings. The quantitative estimate of drug-likeness (QED) is 0.545. The van der Waals surface area contributed by atoms with Gasteiger partial charge in [-0.25, -0.2) is 4.98 Å². The number of carbonyl (C=O) groups is 1. The summed E-state index contributed by atoms with van der Waals surface area (Å²) in [7, 11) is 4.89. The molecule has 0 radical (unpaired) electrons. The van der Waals surface area contributed by atoms with Crippen LogP contribution in [0.5, 0.6) is 11.5 Å². The van der Waals surface area contributed by atoms with Crippen molar-refractivity contribution in [1.82, 2.24) is 24.6 Å². The van der Waals surface area contributed by atoms with E-state index >= 15 is 0 Å². The van der Waals surface area contributed by atoms with Gasteiger partial charge in [0.1, 0.15) is 5.39 Å². The van der Waals surface area contributed by atoms with Crippen molar-refractivity contribution < 1.29 is 14.3 Å². The zero-order valence-electron chi connectivity index (χ0n) is 16.4. The SMILES string of the molecule is COc1cc(Br)c(CCNC(=O)CCn2cnc3c(cnn3C)c2=O)cc1OC. The minimum atomic E-state index is -0.204. The molecule has 0 unspecified atom stereocenters. The largest absolute Gasteiger partial charge is 0.493 e. The van der Waals surface area contributed by atoms with Crippen molar-refractivity contribution in [2.24, 2.45) is 7.05 Å². The minimum Gasteiger partial charge on any atom is -0.493 e. The Morgan fingerprint density at radius 1 is 1.24 bits per heavy atom. The standard InChI is InChI=1S/C19H22BrN5O4/c1-24-18-13(10-23-24)19(27)25(11-22-18)7-5-17(26)21-6-4-12-8-15(28-2)16(29-3)9-14(12)20/h8-11H,4-7H2,1-3H3,(H,21,26). The summed E-state index contributed by atoms with van der Waals surface area (Å²) in [4.78, 5) is 28.8. The molecular formula is C19H22BrN5O4. The molecule has 3 rings (SSSR count). The smallest absolute Gasteiger partial charge is 0.264 e. The molecule has 0 aliphatic rings. The lowest BCUT2D eigenvalue weighted by atomic mass is 10.1. The molecule has 0 bridgehead atoms. The fourth-order valence-corrected chi connectivity index (χ4v) is 3.48. The molecule has 10 heteroatoms. The highest BCUT2D eigenvalue weighted by Gasteiger charge is 2.11. The molecule has 154 valence electrons. The molecule has 9 nitrogen and oxygen atoms in total. The average Bonchev–Trinajstić information content (AvgIpc) is 3.10. The van der Waals surface area contributed by atoms with Gasteiger partial charge in [0.05, 0.1) is 26.7 Å². The molecule has 0 atom stereocenters. The third-order valence-electron chi connectivity index (χ3n) is 4.57. The summed E-state index contributed by atoms with van der Waals surface area (Å²) in [6, 6.07) is 3.72. The number of hydrogen-bond acceptors (Lipinski definition) is 6. The average molecular weight is 464 g/mol. The van der Waals surface area contributed by atoms with E-state index in [1.807, 2.05) is 12.1 Å². The number of aryl methyl sites for hydroxylation is 2. The van der Waals surface area contributed by atoms with Gasteiger partial charge in [0.15, 0.2) is 17.1 Å². The number of benzene rings is 1. The van der Waals surface area contributed by atoms with E-state index in [0.717, 1.165) is 10.0 Å². The summed E-state index contributed by atoms with van der Waals surface area (Å²) in [5.74, 6) is 1.13. The zero-order chi connectivity index (χ0) is 21.0. The van der Waals surface area contributed by atoms with Crippen molar-refractivity contribution in [3.63, 3.8) is 0 Å². The monoisotopic (exact) mass is 463 g/mol. The van der Waals surface area contributed by atoms with Gasteiger partial charge in [0, 0.05) is 31.0 Å². The second-order valence-corrected chi connectivity index (χ2v) is 7.25. The highest BCUT2D eigenvalue weighted by molar-refractivity contribution is 9.10. The lowest BCUT2D eigenvalue weighted by Crippen LogP contribution is -2.29. The number of carbonyl (C=O) groups excluding carboxylic acids is 1. The Hall–Kier alpha value is -2.88. The van der Waals surface area contributed by atoms with Gasteiger partial charge in [-0.3, -0.25) is 18.8 Å². The van der Waals surface area contributed by atoms with Crippen molar-refractivity contribution in [2.75, 3.05) is 20.8 Å². The molecule has 0 aliphatic carbocycles. The zero-order valence-corrected chi connectivity index (χ0v) is 18.0. The third-order valence-corrected chi connectivity index (χ3v) is 5.31. The third kappa shape index (κ3) is 4.58. The number of halogens is 1. The van der Waals surface area contributed by atoms with Gasteiger partial charge >= 0.3 is 0 Å². The van der Waals surface area contributed by atoms with E-state index in [-0.39, 0.29) is 24.4 Å². The highest BCUT2D eigenvalue weighted by Crippen LogP contribution is 2.33. The van der Waals surface area contributed by atoms with Crippen LogP contribution in [-0.2, 0) is 24.8 Å². The highest BCUT2D eigenvalue weighted by atomic mass is 79.9. The van der Waals surface area contributed by atoms with Crippen LogP contribution < -0.4 is 20.3 Å². The number of amides is 1. The van der Waals surface area contributed by atoms with Crippen molar-refractivity contribution in [3.05, 3.63) is 45.0 Å². The second-order valence-electron chi connectivity index (χ2n) is 6.40. The van der Waals surface area contributed by atoms with Crippen LogP contribution in [0.2, 0.25) is 0 Å². The van der Waals surface area contributed by atoms with Crippen LogP contribution in [-0.4, -0.2) is 46.0 Å². The number of rotatable bonds is 8. The topological polar surface area (TPSA) is 100 Å². The van der Waals surface area contributed by atoms with E-state index in [1.165, 1.54) is 17.1 Å². The summed E-state index contributed by atoms with van der Waals surface area (Å²) in [5, 5.41) is 7.34. The number of nitrogens with zero attached hydrogens (tertiary/aromatic N) is 4. The van der Waals surface area contributed by atoms with Crippen LogP contribution in [0.15, 0.2) is 33.9 Å². The summed E-state index contributed by atoms with van der Waals surface area (Å²) in [5.41, 5.74) is 1.31. The van der Waals surface area contributed by atoms with Crippen molar-refractivity contribution in [2.45, 2.75) is 19.4 Å². The van der Waals surface area contributed by atoms with Crippen LogP contribution in [0.3, 0.4) is 0 Å². The van der Waals surface area contributed by atoms with E-state index in [9.17, 15) is 9.59 Å². The van der Waals surface area contributed by atoms with E-state index in [2.05, 4.69) is 31.3 Å². The molecular weight excluding hydrogens is 442 g/mol. The Kier molecular flexibility index (Phi) is 6.53. The molecule has 3 aromatic rings. The first-order chi connectivity index (χ1) is 13.9. The lowest BCUT2D eigenvalue weighted by Gasteiger charge is -2.12. The number of nitrogens with one attached hydrogen (secondary N) is 1. The molecule has 2 aromatic heterocycles. The number of ether oxygens (including phenoxy) is 2. The fraction of sp³-hybridized carbons (Fsp3) is 0.368. The van der Waals surface area contributed by atoms with Gasteiger partial charge in [0.2, 0.25) is 5.91 Å². The fourth-order valence-electron chi connectivity index (χ4n) is 2.96. The van der Waals surface area contributed by atoms with E-state index in [4.69, 9.17) is 9.47 Å². The molecule has 2 heterocycles. The van der Waals surface area contributed by atoms with Crippen molar-refractivity contribution in [3.8, 4) is 11.5 Å². The molecule has 0 saturated heterocycles. The van der Waals surface area contributed by atoms with E-state index in [1.54, 1.807) is 25.9 Å². The normalized spacial score (nSPS) is 10.9. The second kappa shape index (κ2) is 9.08. The van der Waals surface area contributed by atoms with Crippen LogP contribution >= 0.6 is 15.9 Å². The Morgan fingerprint density at radius 2 is 1.97 bits per heavy atom.